The lowest BCUT2D eigenvalue weighted by molar-refractivity contribution is -0.0371. The second-order valence-electron chi connectivity index (χ2n) is 4.38. The van der Waals surface area contributed by atoms with Crippen LogP contribution >= 0.6 is 22.6 Å². The summed E-state index contributed by atoms with van der Waals surface area (Å²) in [5, 5.41) is 14.4. The van der Waals surface area contributed by atoms with Crippen LogP contribution in [-0.2, 0) is 4.74 Å². The SMILES string of the molecule is Oc1cc(F)c2c(c1)c(I)nn2C1CCCCO1. The monoisotopic (exact) mass is 362 g/mol. The standard InChI is InChI=1S/C12H12FIN2O2/c13-9-6-7(17)5-8-11(9)16(15-12(8)14)10-3-1-2-4-18-10/h5-6,10,17H,1-4H2. The molecule has 96 valence electrons. The third kappa shape index (κ3) is 1.97. The molecule has 1 aliphatic rings. The van der Waals surface area contributed by atoms with Crippen molar-refractivity contribution >= 4 is 33.5 Å². The molecule has 0 bridgehead atoms. The van der Waals surface area contributed by atoms with Gasteiger partial charge in [-0.25, -0.2) is 9.07 Å². The number of benzene rings is 1. The van der Waals surface area contributed by atoms with E-state index >= 15 is 0 Å². The zero-order valence-corrected chi connectivity index (χ0v) is 11.7. The highest BCUT2D eigenvalue weighted by Crippen LogP contribution is 2.32. The molecular formula is C12H12FIN2O2. The van der Waals surface area contributed by atoms with Gasteiger partial charge in [-0.3, -0.25) is 0 Å². The number of aromatic hydroxyl groups is 1. The van der Waals surface area contributed by atoms with E-state index in [1.54, 1.807) is 4.68 Å². The van der Waals surface area contributed by atoms with Crippen LogP contribution in [-0.4, -0.2) is 21.5 Å². The number of halogens is 2. The molecule has 0 aliphatic carbocycles. The van der Waals surface area contributed by atoms with Crippen LogP contribution in [0.4, 0.5) is 4.39 Å². The number of rotatable bonds is 1. The molecule has 4 nitrogen and oxygen atoms in total. The third-order valence-corrected chi connectivity index (χ3v) is 3.92. The van der Waals surface area contributed by atoms with Gasteiger partial charge in [0.25, 0.3) is 0 Å². The zero-order valence-electron chi connectivity index (χ0n) is 9.57. The van der Waals surface area contributed by atoms with Gasteiger partial charge in [-0.15, -0.1) is 0 Å². The van der Waals surface area contributed by atoms with Crippen LogP contribution in [0.25, 0.3) is 10.9 Å². The molecule has 18 heavy (non-hydrogen) atoms. The van der Waals surface area contributed by atoms with E-state index in [1.807, 2.05) is 22.6 Å². The van der Waals surface area contributed by atoms with E-state index in [1.165, 1.54) is 6.07 Å². The normalized spacial score (nSPS) is 20.4. The maximum Gasteiger partial charge on any atom is 0.152 e. The van der Waals surface area contributed by atoms with Gasteiger partial charge in [0.1, 0.15) is 15.0 Å². The molecule has 0 amide bonds. The Morgan fingerprint density at radius 1 is 1.44 bits per heavy atom. The molecule has 1 atom stereocenters. The van der Waals surface area contributed by atoms with Gasteiger partial charge in [0.2, 0.25) is 0 Å². The molecule has 0 radical (unpaired) electrons. The summed E-state index contributed by atoms with van der Waals surface area (Å²) < 4.78 is 21.9. The molecule has 1 aromatic heterocycles. The average Bonchev–Trinajstić information content (AvgIpc) is 2.68. The van der Waals surface area contributed by atoms with E-state index in [4.69, 9.17) is 4.74 Å². The summed E-state index contributed by atoms with van der Waals surface area (Å²) in [6, 6.07) is 2.64. The highest BCUT2D eigenvalue weighted by Gasteiger charge is 2.22. The van der Waals surface area contributed by atoms with E-state index in [0.717, 1.165) is 25.3 Å². The van der Waals surface area contributed by atoms with Gasteiger partial charge in [0.05, 0.1) is 0 Å². The van der Waals surface area contributed by atoms with Crippen molar-refractivity contribution in [3.8, 4) is 5.75 Å². The average molecular weight is 362 g/mol. The largest absolute Gasteiger partial charge is 0.508 e. The van der Waals surface area contributed by atoms with Crippen molar-refractivity contribution < 1.29 is 14.2 Å². The summed E-state index contributed by atoms with van der Waals surface area (Å²) in [6.07, 6.45) is 2.73. The van der Waals surface area contributed by atoms with Crippen LogP contribution < -0.4 is 0 Å². The Balaban J connectivity index is 2.17. The third-order valence-electron chi connectivity index (χ3n) is 3.12. The summed E-state index contributed by atoms with van der Waals surface area (Å²) in [4.78, 5) is 0. The predicted molar refractivity (Wildman–Crippen MR) is 72.9 cm³/mol. The van der Waals surface area contributed by atoms with Gasteiger partial charge >= 0.3 is 0 Å². The second-order valence-corrected chi connectivity index (χ2v) is 5.40. The first kappa shape index (κ1) is 12.2. The number of fused-ring (bicyclic) bond motifs is 1. The van der Waals surface area contributed by atoms with Crippen molar-refractivity contribution in [3.05, 3.63) is 21.7 Å². The molecule has 1 aliphatic heterocycles. The van der Waals surface area contributed by atoms with Crippen molar-refractivity contribution in [2.45, 2.75) is 25.5 Å². The topological polar surface area (TPSA) is 47.3 Å². The summed E-state index contributed by atoms with van der Waals surface area (Å²) in [6.45, 7) is 0.683. The van der Waals surface area contributed by atoms with E-state index in [2.05, 4.69) is 5.10 Å². The fraction of sp³-hybridized carbons (Fsp3) is 0.417. The van der Waals surface area contributed by atoms with Crippen LogP contribution in [0.2, 0.25) is 0 Å². The number of aromatic nitrogens is 2. The highest BCUT2D eigenvalue weighted by molar-refractivity contribution is 14.1. The fourth-order valence-corrected chi connectivity index (χ4v) is 2.94. The number of phenolic OH excluding ortho intramolecular Hbond substituents is 1. The predicted octanol–water partition coefficient (Wildman–Crippen LogP) is 3.18. The molecule has 0 spiro atoms. The fourth-order valence-electron chi connectivity index (χ4n) is 2.30. The Morgan fingerprint density at radius 3 is 3.00 bits per heavy atom. The number of ether oxygens (including phenoxy) is 1. The zero-order chi connectivity index (χ0) is 12.7. The van der Waals surface area contributed by atoms with Crippen molar-refractivity contribution in [2.24, 2.45) is 0 Å². The van der Waals surface area contributed by atoms with Gasteiger partial charge in [0.15, 0.2) is 12.0 Å². The number of nitrogens with zero attached hydrogens (tertiary/aromatic N) is 2. The van der Waals surface area contributed by atoms with Crippen LogP contribution in [0.3, 0.4) is 0 Å². The van der Waals surface area contributed by atoms with Crippen molar-refractivity contribution in [3.63, 3.8) is 0 Å². The smallest absolute Gasteiger partial charge is 0.152 e. The molecular weight excluding hydrogens is 350 g/mol. The van der Waals surface area contributed by atoms with Gasteiger partial charge in [-0.1, -0.05) is 0 Å². The lowest BCUT2D eigenvalue weighted by Crippen LogP contribution is -2.19. The minimum Gasteiger partial charge on any atom is -0.508 e. The second kappa shape index (κ2) is 4.65. The summed E-state index contributed by atoms with van der Waals surface area (Å²) in [5.41, 5.74) is 0.407. The van der Waals surface area contributed by atoms with E-state index < -0.39 is 5.82 Å². The van der Waals surface area contributed by atoms with E-state index in [0.29, 0.717) is 21.2 Å². The summed E-state index contributed by atoms with van der Waals surface area (Å²) in [5.74, 6) is -0.545. The van der Waals surface area contributed by atoms with Crippen LogP contribution in [0.5, 0.6) is 5.75 Å². The minimum absolute atomic E-state index is 0.0815. The first-order valence-corrected chi connectivity index (χ1v) is 6.92. The molecule has 1 saturated heterocycles. The summed E-state index contributed by atoms with van der Waals surface area (Å²) in [7, 11) is 0. The van der Waals surface area contributed by atoms with Crippen molar-refractivity contribution in [1.82, 2.24) is 9.78 Å². The molecule has 0 saturated carbocycles. The lowest BCUT2D eigenvalue weighted by Gasteiger charge is -2.23. The maximum atomic E-state index is 14.0. The lowest BCUT2D eigenvalue weighted by atomic mass is 10.2. The Bertz CT molecular complexity index is 593. The Morgan fingerprint density at radius 2 is 2.28 bits per heavy atom. The molecule has 1 aromatic carbocycles. The molecule has 1 fully saturated rings. The number of phenols is 1. The molecule has 1 unspecified atom stereocenters. The van der Waals surface area contributed by atoms with E-state index in [-0.39, 0.29) is 12.0 Å². The number of hydrogen-bond acceptors (Lipinski definition) is 3. The van der Waals surface area contributed by atoms with Gasteiger partial charge in [0, 0.05) is 18.1 Å². The van der Waals surface area contributed by atoms with Gasteiger partial charge in [-0.05, 0) is 47.9 Å². The molecule has 2 aromatic rings. The maximum absolute atomic E-state index is 14.0. The Labute approximate surface area is 117 Å². The summed E-state index contributed by atoms with van der Waals surface area (Å²) >= 11 is 2.04. The van der Waals surface area contributed by atoms with Gasteiger partial charge < -0.3 is 9.84 Å². The highest BCUT2D eigenvalue weighted by atomic mass is 127. The van der Waals surface area contributed by atoms with Crippen molar-refractivity contribution in [2.75, 3.05) is 6.61 Å². The molecule has 3 rings (SSSR count). The number of hydrogen-bond donors (Lipinski definition) is 1. The minimum atomic E-state index is -0.463. The van der Waals surface area contributed by atoms with Crippen LogP contribution in [0, 0.1) is 9.52 Å². The first-order valence-electron chi connectivity index (χ1n) is 5.84. The Hall–Kier alpha value is -0.890. The Kier molecular flexibility index (Phi) is 3.14. The quantitative estimate of drug-likeness (QED) is 0.793. The van der Waals surface area contributed by atoms with E-state index in [9.17, 15) is 9.50 Å². The molecule has 2 heterocycles. The van der Waals surface area contributed by atoms with Crippen LogP contribution in [0.1, 0.15) is 25.5 Å². The molecule has 6 heteroatoms. The van der Waals surface area contributed by atoms with Gasteiger partial charge in [-0.2, -0.15) is 5.10 Å². The van der Waals surface area contributed by atoms with Crippen LogP contribution in [0.15, 0.2) is 12.1 Å². The first-order chi connectivity index (χ1) is 8.66. The van der Waals surface area contributed by atoms with Crippen molar-refractivity contribution in [1.29, 1.82) is 0 Å². The molecule has 1 N–H and O–H groups in total.